The number of aromatic amines is 1. The summed E-state index contributed by atoms with van der Waals surface area (Å²) in [4.78, 5) is 15.3. The standard InChI is InChI=1S/C19H17FN2O3/c1-11(23)4-3-5-12-14(20)6-7-15-18(12)13(19(24)22-15)10-16-17(25-2)8-9-21-16/h6-11,21,23H,4H2,1-2H3,(H,22,24)/t11-/m1/s1. The summed E-state index contributed by atoms with van der Waals surface area (Å²) >= 11 is 0. The van der Waals surface area contributed by atoms with Gasteiger partial charge >= 0.3 is 0 Å². The number of ether oxygens (including phenoxy) is 1. The molecular formula is C19H17FN2O3. The van der Waals surface area contributed by atoms with E-state index in [4.69, 9.17) is 4.74 Å². The summed E-state index contributed by atoms with van der Waals surface area (Å²) in [5.74, 6) is 5.22. The largest absolute Gasteiger partial charge is 0.495 e. The SMILES string of the molecule is COc1cc[nH]c1C=C1C(=O)Nc2ccc(F)c(C#CC[C@@H](C)O)c21. The van der Waals surface area contributed by atoms with E-state index in [0.717, 1.165) is 0 Å². The van der Waals surface area contributed by atoms with Gasteiger partial charge in [0, 0.05) is 18.2 Å². The number of benzene rings is 1. The van der Waals surface area contributed by atoms with Crippen molar-refractivity contribution in [1.82, 2.24) is 4.98 Å². The van der Waals surface area contributed by atoms with Crippen molar-refractivity contribution in [2.45, 2.75) is 19.4 Å². The molecule has 0 radical (unpaired) electrons. The summed E-state index contributed by atoms with van der Waals surface area (Å²) < 4.78 is 19.6. The van der Waals surface area contributed by atoms with Gasteiger partial charge in [-0.1, -0.05) is 11.8 Å². The molecule has 0 saturated heterocycles. The number of aliphatic hydroxyl groups excluding tert-OH is 1. The molecule has 1 amide bonds. The van der Waals surface area contributed by atoms with E-state index >= 15 is 0 Å². The Morgan fingerprint density at radius 3 is 2.92 bits per heavy atom. The predicted molar refractivity (Wildman–Crippen MR) is 93.4 cm³/mol. The molecule has 5 nitrogen and oxygen atoms in total. The smallest absolute Gasteiger partial charge is 0.256 e. The molecule has 6 heteroatoms. The van der Waals surface area contributed by atoms with Gasteiger partial charge in [0.05, 0.1) is 35.7 Å². The number of methoxy groups -OCH3 is 1. The molecule has 25 heavy (non-hydrogen) atoms. The number of carbonyl (C=O) groups is 1. The third kappa shape index (κ3) is 3.28. The van der Waals surface area contributed by atoms with Crippen molar-refractivity contribution in [2.24, 2.45) is 0 Å². The third-order valence-electron chi connectivity index (χ3n) is 3.78. The maximum absolute atomic E-state index is 14.3. The maximum atomic E-state index is 14.3. The lowest BCUT2D eigenvalue weighted by molar-refractivity contribution is -0.110. The highest BCUT2D eigenvalue weighted by atomic mass is 19.1. The number of halogens is 1. The summed E-state index contributed by atoms with van der Waals surface area (Å²) in [6.45, 7) is 1.61. The molecule has 1 aliphatic rings. The van der Waals surface area contributed by atoms with Crippen molar-refractivity contribution < 1.29 is 19.0 Å². The Hall–Kier alpha value is -3.04. The van der Waals surface area contributed by atoms with E-state index in [1.807, 2.05) is 0 Å². The van der Waals surface area contributed by atoms with Crippen molar-refractivity contribution in [3.05, 3.63) is 47.0 Å². The van der Waals surface area contributed by atoms with Crippen LogP contribution in [0.2, 0.25) is 0 Å². The Labute approximate surface area is 144 Å². The van der Waals surface area contributed by atoms with Crippen LogP contribution in [0.3, 0.4) is 0 Å². The molecule has 0 saturated carbocycles. The Morgan fingerprint density at radius 2 is 2.20 bits per heavy atom. The van der Waals surface area contributed by atoms with Crippen LogP contribution in [0.25, 0.3) is 11.6 Å². The average Bonchev–Trinajstić information content (AvgIpc) is 3.14. The predicted octanol–water partition coefficient (Wildman–Crippen LogP) is 2.78. The lowest BCUT2D eigenvalue weighted by Crippen LogP contribution is -2.03. The molecule has 2 heterocycles. The highest BCUT2D eigenvalue weighted by Crippen LogP contribution is 2.37. The fourth-order valence-electron chi connectivity index (χ4n) is 2.61. The van der Waals surface area contributed by atoms with Crippen molar-refractivity contribution in [1.29, 1.82) is 0 Å². The lowest BCUT2D eigenvalue weighted by atomic mass is 9.99. The van der Waals surface area contributed by atoms with Gasteiger partial charge < -0.3 is 20.1 Å². The summed E-state index contributed by atoms with van der Waals surface area (Å²) in [6.07, 6.45) is 2.91. The first-order valence-corrected chi connectivity index (χ1v) is 7.75. The van der Waals surface area contributed by atoms with Gasteiger partial charge in [0.1, 0.15) is 11.6 Å². The summed E-state index contributed by atoms with van der Waals surface area (Å²) in [6, 6.07) is 4.51. The van der Waals surface area contributed by atoms with Gasteiger partial charge in [-0.15, -0.1) is 0 Å². The minimum atomic E-state index is -0.606. The fraction of sp³-hybridized carbons (Fsp3) is 0.211. The van der Waals surface area contributed by atoms with E-state index in [1.54, 1.807) is 25.3 Å². The molecule has 1 aromatic heterocycles. The van der Waals surface area contributed by atoms with Crippen LogP contribution in [0.15, 0.2) is 24.4 Å². The van der Waals surface area contributed by atoms with Crippen LogP contribution in [0.4, 0.5) is 10.1 Å². The van der Waals surface area contributed by atoms with E-state index in [2.05, 4.69) is 22.1 Å². The molecular weight excluding hydrogens is 323 g/mol. The Balaban J connectivity index is 2.13. The van der Waals surface area contributed by atoms with Gasteiger partial charge in [-0.25, -0.2) is 4.39 Å². The quantitative estimate of drug-likeness (QED) is 0.594. The van der Waals surface area contributed by atoms with E-state index in [1.165, 1.54) is 19.2 Å². The monoisotopic (exact) mass is 340 g/mol. The highest BCUT2D eigenvalue weighted by Gasteiger charge is 2.28. The molecule has 0 fully saturated rings. The number of H-pyrrole nitrogens is 1. The van der Waals surface area contributed by atoms with Crippen LogP contribution in [0, 0.1) is 17.7 Å². The highest BCUT2D eigenvalue weighted by molar-refractivity contribution is 6.35. The van der Waals surface area contributed by atoms with Crippen LogP contribution in [0.5, 0.6) is 5.75 Å². The van der Waals surface area contributed by atoms with Crippen molar-refractivity contribution >= 4 is 23.2 Å². The molecule has 1 aromatic carbocycles. The second-order valence-electron chi connectivity index (χ2n) is 5.67. The van der Waals surface area contributed by atoms with E-state index in [9.17, 15) is 14.3 Å². The van der Waals surface area contributed by atoms with Gasteiger partial charge in [0.15, 0.2) is 0 Å². The molecule has 0 aliphatic carbocycles. The minimum absolute atomic E-state index is 0.133. The molecule has 0 spiro atoms. The Morgan fingerprint density at radius 1 is 1.40 bits per heavy atom. The first kappa shape index (κ1) is 16.8. The number of fused-ring (bicyclic) bond motifs is 1. The summed E-state index contributed by atoms with van der Waals surface area (Å²) in [5, 5.41) is 12.0. The van der Waals surface area contributed by atoms with Crippen molar-refractivity contribution in [2.75, 3.05) is 12.4 Å². The zero-order valence-electron chi connectivity index (χ0n) is 13.8. The molecule has 3 N–H and O–H groups in total. The number of anilines is 1. The number of aromatic nitrogens is 1. The minimum Gasteiger partial charge on any atom is -0.495 e. The van der Waals surface area contributed by atoms with Crippen LogP contribution in [-0.2, 0) is 4.79 Å². The average molecular weight is 340 g/mol. The third-order valence-corrected chi connectivity index (χ3v) is 3.78. The molecule has 128 valence electrons. The normalized spacial score (nSPS) is 15.4. The van der Waals surface area contributed by atoms with Crippen molar-refractivity contribution in [3.63, 3.8) is 0 Å². The van der Waals surface area contributed by atoms with Crippen LogP contribution >= 0.6 is 0 Å². The zero-order valence-corrected chi connectivity index (χ0v) is 13.8. The zero-order chi connectivity index (χ0) is 18.0. The number of hydrogen-bond donors (Lipinski definition) is 3. The first-order chi connectivity index (χ1) is 12.0. The number of nitrogens with one attached hydrogen (secondary N) is 2. The number of hydrogen-bond acceptors (Lipinski definition) is 3. The fourth-order valence-corrected chi connectivity index (χ4v) is 2.61. The Kier molecular flexibility index (Phi) is 4.59. The van der Waals surface area contributed by atoms with Gasteiger partial charge in [0.25, 0.3) is 5.91 Å². The van der Waals surface area contributed by atoms with Crippen LogP contribution in [-0.4, -0.2) is 29.2 Å². The van der Waals surface area contributed by atoms with Crippen molar-refractivity contribution in [3.8, 4) is 17.6 Å². The topological polar surface area (TPSA) is 74.4 Å². The lowest BCUT2D eigenvalue weighted by Gasteiger charge is -2.05. The van der Waals surface area contributed by atoms with Gasteiger partial charge in [-0.2, -0.15) is 0 Å². The maximum Gasteiger partial charge on any atom is 0.256 e. The van der Waals surface area contributed by atoms with E-state index < -0.39 is 11.9 Å². The van der Waals surface area contributed by atoms with Gasteiger partial charge in [0.2, 0.25) is 0 Å². The van der Waals surface area contributed by atoms with E-state index in [0.29, 0.717) is 28.3 Å². The van der Waals surface area contributed by atoms with Crippen LogP contribution < -0.4 is 10.1 Å². The van der Waals surface area contributed by atoms with Crippen LogP contribution in [0.1, 0.15) is 30.2 Å². The van der Waals surface area contributed by atoms with Gasteiger partial charge in [-0.05, 0) is 31.2 Å². The summed E-state index contributed by atoms with van der Waals surface area (Å²) in [7, 11) is 1.53. The number of carbonyl (C=O) groups excluding carboxylic acids is 1. The number of rotatable bonds is 3. The van der Waals surface area contributed by atoms with Gasteiger partial charge in [-0.3, -0.25) is 4.79 Å². The molecule has 1 aliphatic heterocycles. The molecule has 1 atom stereocenters. The molecule has 0 bridgehead atoms. The molecule has 0 unspecified atom stereocenters. The first-order valence-electron chi connectivity index (χ1n) is 7.75. The summed E-state index contributed by atoms with van der Waals surface area (Å²) in [5.41, 5.74) is 1.96. The second-order valence-corrected chi connectivity index (χ2v) is 5.67. The molecule has 3 rings (SSSR count). The number of aliphatic hydroxyl groups is 1. The second kappa shape index (κ2) is 6.83. The number of amides is 1. The Bertz CT molecular complexity index is 916. The van der Waals surface area contributed by atoms with E-state index in [-0.39, 0.29) is 17.9 Å². The molecule has 2 aromatic rings.